The Morgan fingerprint density at radius 1 is 0.963 bits per heavy atom. The van der Waals surface area contributed by atoms with E-state index in [1.165, 1.54) is 0 Å². The van der Waals surface area contributed by atoms with Crippen LogP contribution < -0.4 is 14.8 Å². The number of para-hydroxylation sites is 1. The van der Waals surface area contributed by atoms with Crippen LogP contribution in [0.1, 0.15) is 31.9 Å². The summed E-state index contributed by atoms with van der Waals surface area (Å²) in [6.07, 6.45) is -0.661. The van der Waals surface area contributed by atoms with Gasteiger partial charge in [-0.3, -0.25) is 4.79 Å². The van der Waals surface area contributed by atoms with Gasteiger partial charge in [0.2, 0.25) is 10.0 Å². The molecule has 2 aromatic carbocycles. The largest absolute Gasteiger partial charge is 0.481 e. The van der Waals surface area contributed by atoms with Crippen LogP contribution in [-0.2, 0) is 27.1 Å². The monoisotopic (exact) mass is 390 g/mol. The van der Waals surface area contributed by atoms with Crippen molar-refractivity contribution in [3.05, 3.63) is 65.7 Å². The molecular weight excluding hydrogens is 364 g/mol. The number of carbonyl (C=O) groups excluding carboxylic acids is 1. The van der Waals surface area contributed by atoms with E-state index in [-0.39, 0.29) is 24.2 Å². The summed E-state index contributed by atoms with van der Waals surface area (Å²) in [6.45, 7) is 5.45. The zero-order valence-corrected chi connectivity index (χ0v) is 16.6. The minimum Gasteiger partial charge on any atom is -0.481 e. The molecular formula is C20H26N2O4S. The number of sulfonamides is 1. The number of benzene rings is 2. The van der Waals surface area contributed by atoms with Gasteiger partial charge in [0.15, 0.2) is 6.10 Å². The summed E-state index contributed by atoms with van der Waals surface area (Å²) < 4.78 is 32.6. The van der Waals surface area contributed by atoms with E-state index in [2.05, 4.69) is 10.0 Å². The third-order valence-electron chi connectivity index (χ3n) is 3.76. The molecule has 0 heterocycles. The highest BCUT2D eigenvalue weighted by Gasteiger charge is 2.17. The lowest BCUT2D eigenvalue weighted by Gasteiger charge is -2.16. The Balaban J connectivity index is 1.98. The fourth-order valence-corrected chi connectivity index (χ4v) is 4.05. The Hall–Kier alpha value is -2.38. The fraction of sp³-hybridized carbons (Fsp3) is 0.350. The summed E-state index contributed by atoms with van der Waals surface area (Å²) in [5.41, 5.74) is 1.41. The van der Waals surface area contributed by atoms with Crippen molar-refractivity contribution in [2.24, 2.45) is 0 Å². The third kappa shape index (κ3) is 7.03. The Morgan fingerprint density at radius 3 is 2.19 bits per heavy atom. The van der Waals surface area contributed by atoms with Crippen LogP contribution in [0.3, 0.4) is 0 Å². The molecule has 2 aromatic rings. The predicted octanol–water partition coefficient (Wildman–Crippen LogP) is 2.60. The summed E-state index contributed by atoms with van der Waals surface area (Å²) in [4.78, 5) is 12.3. The number of ether oxygens (including phenoxy) is 1. The van der Waals surface area contributed by atoms with Gasteiger partial charge in [-0.2, -0.15) is 0 Å². The lowest BCUT2D eigenvalue weighted by Crippen LogP contribution is -2.36. The first-order chi connectivity index (χ1) is 12.8. The van der Waals surface area contributed by atoms with Crippen molar-refractivity contribution < 1.29 is 17.9 Å². The normalized spacial score (nSPS) is 12.6. The zero-order valence-electron chi connectivity index (χ0n) is 15.8. The molecule has 0 bridgehead atoms. The average Bonchev–Trinajstić information content (AvgIpc) is 2.60. The van der Waals surface area contributed by atoms with Crippen LogP contribution in [0, 0.1) is 0 Å². The maximum Gasteiger partial charge on any atom is 0.261 e. The summed E-state index contributed by atoms with van der Waals surface area (Å²) in [7, 11) is -3.44. The molecule has 1 unspecified atom stereocenters. The highest BCUT2D eigenvalue weighted by molar-refractivity contribution is 7.88. The number of amides is 1. The SMILES string of the molecule is CC(C)NS(=O)(=O)Cc1ccccc1CNC(=O)C(C)Oc1ccccc1. The van der Waals surface area contributed by atoms with Crippen molar-refractivity contribution in [2.45, 2.75) is 45.2 Å². The molecule has 0 saturated carbocycles. The molecule has 0 aliphatic rings. The zero-order chi connectivity index (χ0) is 19.9. The third-order valence-corrected chi connectivity index (χ3v) is 5.28. The highest BCUT2D eigenvalue weighted by atomic mass is 32.2. The number of rotatable bonds is 9. The van der Waals surface area contributed by atoms with Crippen LogP contribution in [0.2, 0.25) is 0 Å². The van der Waals surface area contributed by atoms with Crippen LogP contribution in [0.5, 0.6) is 5.75 Å². The molecule has 146 valence electrons. The molecule has 0 fully saturated rings. The van der Waals surface area contributed by atoms with Crippen molar-refractivity contribution in [1.82, 2.24) is 10.0 Å². The van der Waals surface area contributed by atoms with E-state index in [1.807, 2.05) is 30.3 Å². The van der Waals surface area contributed by atoms with Gasteiger partial charge in [-0.25, -0.2) is 13.1 Å². The van der Waals surface area contributed by atoms with Gasteiger partial charge >= 0.3 is 0 Å². The molecule has 6 nitrogen and oxygen atoms in total. The van der Waals surface area contributed by atoms with E-state index in [0.717, 1.165) is 5.56 Å². The Morgan fingerprint density at radius 2 is 1.56 bits per heavy atom. The first-order valence-electron chi connectivity index (χ1n) is 8.83. The summed E-state index contributed by atoms with van der Waals surface area (Å²) >= 11 is 0. The van der Waals surface area contributed by atoms with Gasteiger partial charge in [-0.15, -0.1) is 0 Å². The van der Waals surface area contributed by atoms with E-state index < -0.39 is 16.1 Å². The van der Waals surface area contributed by atoms with Crippen molar-refractivity contribution in [1.29, 1.82) is 0 Å². The molecule has 1 atom stereocenters. The summed E-state index contributed by atoms with van der Waals surface area (Å²) in [5.74, 6) is 0.219. The molecule has 0 radical (unpaired) electrons. The minimum absolute atomic E-state index is 0.132. The predicted molar refractivity (Wildman–Crippen MR) is 106 cm³/mol. The second kappa shape index (κ2) is 9.53. The molecule has 0 aromatic heterocycles. The summed E-state index contributed by atoms with van der Waals surface area (Å²) in [5, 5.41) is 2.81. The molecule has 0 spiro atoms. The van der Waals surface area contributed by atoms with Gasteiger partial charge in [0.05, 0.1) is 5.75 Å². The molecule has 0 aliphatic heterocycles. The molecule has 0 aliphatic carbocycles. The molecule has 1 amide bonds. The minimum atomic E-state index is -3.44. The van der Waals surface area contributed by atoms with Gasteiger partial charge < -0.3 is 10.1 Å². The molecule has 2 rings (SSSR count). The Bertz CT molecular complexity index is 851. The number of carbonyl (C=O) groups is 1. The first-order valence-corrected chi connectivity index (χ1v) is 10.5. The maximum atomic E-state index is 12.3. The Labute approximate surface area is 161 Å². The van der Waals surface area contributed by atoms with Crippen molar-refractivity contribution >= 4 is 15.9 Å². The molecule has 0 saturated heterocycles. The fourth-order valence-electron chi connectivity index (χ4n) is 2.56. The van der Waals surface area contributed by atoms with E-state index in [9.17, 15) is 13.2 Å². The molecule has 7 heteroatoms. The lowest BCUT2D eigenvalue weighted by molar-refractivity contribution is -0.127. The topological polar surface area (TPSA) is 84.5 Å². The van der Waals surface area contributed by atoms with Gasteiger partial charge in [-0.05, 0) is 44.0 Å². The first kappa shape index (κ1) is 20.9. The van der Waals surface area contributed by atoms with Crippen LogP contribution >= 0.6 is 0 Å². The molecule has 27 heavy (non-hydrogen) atoms. The quantitative estimate of drug-likeness (QED) is 0.689. The lowest BCUT2D eigenvalue weighted by atomic mass is 10.1. The second-order valence-electron chi connectivity index (χ2n) is 6.59. The van der Waals surface area contributed by atoms with Gasteiger partial charge in [0.1, 0.15) is 5.75 Å². The number of nitrogens with one attached hydrogen (secondary N) is 2. The van der Waals surface area contributed by atoms with E-state index >= 15 is 0 Å². The smallest absolute Gasteiger partial charge is 0.261 e. The van der Waals surface area contributed by atoms with E-state index in [4.69, 9.17) is 4.74 Å². The maximum absolute atomic E-state index is 12.3. The van der Waals surface area contributed by atoms with Crippen molar-refractivity contribution in [3.8, 4) is 5.75 Å². The van der Waals surface area contributed by atoms with Crippen LogP contribution in [-0.4, -0.2) is 26.5 Å². The van der Waals surface area contributed by atoms with Crippen LogP contribution in [0.15, 0.2) is 54.6 Å². The van der Waals surface area contributed by atoms with Crippen molar-refractivity contribution in [2.75, 3.05) is 0 Å². The standard InChI is InChI=1S/C20H26N2O4S/c1-15(2)22-27(24,25)14-18-10-8-7-9-17(18)13-21-20(23)16(3)26-19-11-5-4-6-12-19/h4-12,15-16,22H,13-14H2,1-3H3,(H,21,23). The van der Waals surface area contributed by atoms with Gasteiger partial charge in [-0.1, -0.05) is 42.5 Å². The number of hydrogen-bond donors (Lipinski definition) is 2. The van der Waals surface area contributed by atoms with Gasteiger partial charge in [0.25, 0.3) is 5.91 Å². The molecule has 2 N–H and O–H groups in total. The Kier molecular flexibility index (Phi) is 7.38. The van der Waals surface area contributed by atoms with E-state index in [0.29, 0.717) is 11.3 Å². The summed E-state index contributed by atoms with van der Waals surface area (Å²) in [6, 6.07) is 16.1. The van der Waals surface area contributed by atoms with Crippen LogP contribution in [0.25, 0.3) is 0 Å². The number of hydrogen-bond acceptors (Lipinski definition) is 4. The second-order valence-corrected chi connectivity index (χ2v) is 8.35. The van der Waals surface area contributed by atoms with Crippen molar-refractivity contribution in [3.63, 3.8) is 0 Å². The average molecular weight is 391 g/mol. The van der Waals surface area contributed by atoms with E-state index in [1.54, 1.807) is 45.0 Å². The van der Waals surface area contributed by atoms with Crippen LogP contribution in [0.4, 0.5) is 0 Å². The van der Waals surface area contributed by atoms with Gasteiger partial charge in [0, 0.05) is 12.6 Å². The highest BCUT2D eigenvalue weighted by Crippen LogP contribution is 2.14.